The monoisotopic (exact) mass is 186 g/mol. The Bertz CT molecular complexity index is 428. The Morgan fingerprint density at radius 1 is 1.08 bits per heavy atom. The van der Waals surface area contributed by atoms with Crippen LogP contribution in [0.5, 0.6) is 0 Å². The van der Waals surface area contributed by atoms with Crippen molar-refractivity contribution in [2.45, 2.75) is 6.18 Å². The fourth-order valence-corrected chi connectivity index (χ4v) is 1.20. The SMILES string of the molecule is FC(F)(F)c1coc2ccccc12. The summed E-state index contributed by atoms with van der Waals surface area (Å²) in [5.41, 5.74) is -0.460. The molecule has 4 heteroatoms. The second kappa shape index (κ2) is 2.52. The van der Waals surface area contributed by atoms with E-state index < -0.39 is 11.7 Å². The van der Waals surface area contributed by atoms with Crippen molar-refractivity contribution < 1.29 is 17.6 Å². The minimum absolute atomic E-state index is 0.106. The lowest BCUT2D eigenvalue weighted by Crippen LogP contribution is -2.02. The molecule has 0 spiro atoms. The van der Waals surface area contributed by atoms with Crippen LogP contribution in [0.2, 0.25) is 0 Å². The molecule has 0 N–H and O–H groups in total. The van der Waals surface area contributed by atoms with Crippen molar-refractivity contribution in [3.63, 3.8) is 0 Å². The first-order chi connectivity index (χ1) is 6.09. The van der Waals surface area contributed by atoms with E-state index in [1.54, 1.807) is 12.1 Å². The van der Waals surface area contributed by atoms with E-state index in [0.29, 0.717) is 0 Å². The van der Waals surface area contributed by atoms with Crippen molar-refractivity contribution in [3.8, 4) is 0 Å². The summed E-state index contributed by atoms with van der Waals surface area (Å²) in [6, 6.07) is 6.07. The molecule has 0 atom stereocenters. The lowest BCUT2D eigenvalue weighted by atomic mass is 10.2. The second-order valence-electron chi connectivity index (χ2n) is 2.64. The van der Waals surface area contributed by atoms with Gasteiger partial charge in [0.25, 0.3) is 0 Å². The first kappa shape index (κ1) is 8.16. The fraction of sp³-hybridized carbons (Fsp3) is 0.111. The average molecular weight is 186 g/mol. The van der Waals surface area contributed by atoms with Crippen LogP contribution in [-0.4, -0.2) is 0 Å². The zero-order chi connectivity index (χ0) is 9.47. The molecule has 0 fully saturated rings. The third kappa shape index (κ3) is 1.28. The van der Waals surface area contributed by atoms with Gasteiger partial charge in [-0.25, -0.2) is 0 Å². The van der Waals surface area contributed by atoms with Gasteiger partial charge in [0.1, 0.15) is 17.4 Å². The highest BCUT2D eigenvalue weighted by molar-refractivity contribution is 5.81. The minimum Gasteiger partial charge on any atom is -0.464 e. The van der Waals surface area contributed by atoms with Crippen molar-refractivity contribution in [1.82, 2.24) is 0 Å². The molecular formula is C9H5F3O. The van der Waals surface area contributed by atoms with Crippen molar-refractivity contribution >= 4 is 11.0 Å². The molecule has 1 aromatic carbocycles. The second-order valence-corrected chi connectivity index (χ2v) is 2.64. The van der Waals surface area contributed by atoms with Crippen LogP contribution in [0.25, 0.3) is 11.0 Å². The van der Waals surface area contributed by atoms with E-state index in [9.17, 15) is 13.2 Å². The van der Waals surface area contributed by atoms with E-state index in [4.69, 9.17) is 4.42 Å². The molecule has 68 valence electrons. The van der Waals surface area contributed by atoms with E-state index in [1.807, 2.05) is 0 Å². The van der Waals surface area contributed by atoms with Gasteiger partial charge >= 0.3 is 6.18 Å². The Balaban J connectivity index is 2.72. The van der Waals surface area contributed by atoms with Gasteiger partial charge in [0.2, 0.25) is 0 Å². The number of alkyl halides is 3. The fourth-order valence-electron chi connectivity index (χ4n) is 1.20. The molecule has 0 unspecified atom stereocenters. The largest absolute Gasteiger partial charge is 0.464 e. The van der Waals surface area contributed by atoms with Gasteiger partial charge < -0.3 is 4.42 Å². The Morgan fingerprint density at radius 3 is 2.46 bits per heavy atom. The highest BCUT2D eigenvalue weighted by Gasteiger charge is 2.34. The number of benzene rings is 1. The standard InChI is InChI=1S/C9H5F3O/c10-9(11,12)7-5-13-8-4-2-1-3-6(7)8/h1-5H. The van der Waals surface area contributed by atoms with Crippen LogP contribution in [0.4, 0.5) is 13.2 Å². The van der Waals surface area contributed by atoms with E-state index in [2.05, 4.69) is 0 Å². The first-order valence-corrected chi connectivity index (χ1v) is 3.62. The number of halogens is 3. The van der Waals surface area contributed by atoms with Crippen LogP contribution in [0.3, 0.4) is 0 Å². The molecule has 2 aromatic rings. The van der Waals surface area contributed by atoms with Crippen LogP contribution in [0, 0.1) is 0 Å². The van der Waals surface area contributed by atoms with Gasteiger partial charge in [-0.1, -0.05) is 18.2 Å². The topological polar surface area (TPSA) is 13.1 Å². The van der Waals surface area contributed by atoms with E-state index in [1.165, 1.54) is 12.1 Å². The van der Waals surface area contributed by atoms with Crippen molar-refractivity contribution in [1.29, 1.82) is 0 Å². The summed E-state index contributed by atoms with van der Waals surface area (Å²) in [5.74, 6) is 0. The Morgan fingerprint density at radius 2 is 1.77 bits per heavy atom. The summed E-state index contributed by atoms with van der Waals surface area (Å²) in [4.78, 5) is 0. The summed E-state index contributed by atoms with van der Waals surface area (Å²) < 4.78 is 41.6. The predicted octanol–water partition coefficient (Wildman–Crippen LogP) is 3.45. The van der Waals surface area contributed by atoms with Crippen LogP contribution in [0.1, 0.15) is 5.56 Å². The molecule has 0 aliphatic rings. The number of hydrogen-bond donors (Lipinski definition) is 0. The van der Waals surface area contributed by atoms with E-state index >= 15 is 0 Å². The zero-order valence-corrected chi connectivity index (χ0v) is 6.43. The average Bonchev–Trinajstić information content (AvgIpc) is 2.45. The maximum atomic E-state index is 12.3. The highest BCUT2D eigenvalue weighted by atomic mass is 19.4. The lowest BCUT2D eigenvalue weighted by Gasteiger charge is -2.01. The van der Waals surface area contributed by atoms with E-state index in [-0.39, 0.29) is 11.0 Å². The molecule has 1 nitrogen and oxygen atoms in total. The van der Waals surface area contributed by atoms with Gasteiger partial charge in [-0.2, -0.15) is 13.2 Å². The Labute approximate surface area is 71.8 Å². The normalized spacial score (nSPS) is 12.2. The summed E-state index contributed by atoms with van der Waals surface area (Å²) in [7, 11) is 0. The molecule has 0 amide bonds. The minimum atomic E-state index is -4.34. The summed E-state index contributed by atoms with van der Waals surface area (Å²) in [5, 5.41) is 0.106. The van der Waals surface area contributed by atoms with Crippen LogP contribution in [0.15, 0.2) is 34.9 Å². The van der Waals surface area contributed by atoms with Crippen LogP contribution < -0.4 is 0 Å². The molecule has 1 heterocycles. The Hall–Kier alpha value is -1.45. The molecule has 0 aliphatic heterocycles. The van der Waals surface area contributed by atoms with Gasteiger partial charge in [-0.3, -0.25) is 0 Å². The van der Waals surface area contributed by atoms with Crippen molar-refractivity contribution in [2.24, 2.45) is 0 Å². The molecule has 0 saturated heterocycles. The van der Waals surface area contributed by atoms with Gasteiger partial charge in [0.15, 0.2) is 0 Å². The number of furan rings is 1. The number of hydrogen-bond acceptors (Lipinski definition) is 1. The third-order valence-electron chi connectivity index (χ3n) is 1.79. The molecular weight excluding hydrogens is 181 g/mol. The van der Waals surface area contributed by atoms with Gasteiger partial charge in [0, 0.05) is 5.39 Å². The maximum Gasteiger partial charge on any atom is 0.420 e. The first-order valence-electron chi connectivity index (χ1n) is 3.62. The predicted molar refractivity (Wildman–Crippen MR) is 41.2 cm³/mol. The summed E-state index contributed by atoms with van der Waals surface area (Å²) in [6.45, 7) is 0. The summed E-state index contributed by atoms with van der Waals surface area (Å²) in [6.07, 6.45) is -3.60. The molecule has 0 aliphatic carbocycles. The molecule has 0 saturated carbocycles. The van der Waals surface area contributed by atoms with Crippen LogP contribution in [-0.2, 0) is 6.18 Å². The van der Waals surface area contributed by atoms with Crippen molar-refractivity contribution in [2.75, 3.05) is 0 Å². The van der Waals surface area contributed by atoms with Gasteiger partial charge in [-0.15, -0.1) is 0 Å². The molecule has 13 heavy (non-hydrogen) atoms. The highest BCUT2D eigenvalue weighted by Crippen LogP contribution is 2.35. The molecule has 0 radical (unpaired) electrons. The number of fused-ring (bicyclic) bond motifs is 1. The molecule has 1 aromatic heterocycles. The van der Waals surface area contributed by atoms with Gasteiger partial charge in [-0.05, 0) is 6.07 Å². The number of rotatable bonds is 0. The molecule has 2 rings (SSSR count). The number of para-hydroxylation sites is 1. The van der Waals surface area contributed by atoms with Crippen LogP contribution >= 0.6 is 0 Å². The maximum absolute atomic E-state index is 12.3. The zero-order valence-electron chi connectivity index (χ0n) is 6.43. The summed E-state index contributed by atoms with van der Waals surface area (Å²) >= 11 is 0. The third-order valence-corrected chi connectivity index (χ3v) is 1.79. The lowest BCUT2D eigenvalue weighted by molar-refractivity contribution is -0.136. The smallest absolute Gasteiger partial charge is 0.420 e. The van der Waals surface area contributed by atoms with E-state index in [0.717, 1.165) is 6.26 Å². The Kier molecular flexibility index (Phi) is 1.58. The van der Waals surface area contributed by atoms with Gasteiger partial charge in [0.05, 0.1) is 0 Å². The van der Waals surface area contributed by atoms with Crippen molar-refractivity contribution in [3.05, 3.63) is 36.1 Å². The molecule has 0 bridgehead atoms. The quantitative estimate of drug-likeness (QED) is 0.614.